The first-order chi connectivity index (χ1) is 13.7. The summed E-state index contributed by atoms with van der Waals surface area (Å²) >= 11 is 9.02. The summed E-state index contributed by atoms with van der Waals surface area (Å²) in [6, 6.07) is 6.83. The second-order valence-corrected chi connectivity index (χ2v) is 7.20. The van der Waals surface area contributed by atoms with Gasteiger partial charge >= 0.3 is 6.03 Å². The number of halogens is 2. The van der Waals surface area contributed by atoms with Crippen LogP contribution in [0, 0.1) is 5.41 Å². The third-order valence-corrected chi connectivity index (χ3v) is 4.90. The summed E-state index contributed by atoms with van der Waals surface area (Å²) in [5.41, 5.74) is 5.22. The summed E-state index contributed by atoms with van der Waals surface area (Å²) in [4.78, 5) is 45.0. The number of amides is 4. The Labute approximate surface area is 180 Å². The van der Waals surface area contributed by atoms with Gasteiger partial charge in [0, 0.05) is 10.2 Å². The van der Waals surface area contributed by atoms with Crippen LogP contribution in [0.15, 0.2) is 28.7 Å². The molecular formula is C17H19BrClN7O3. The first-order valence-electron chi connectivity index (χ1n) is 8.56. The molecular weight excluding hydrogens is 466 g/mol. The minimum absolute atomic E-state index is 0.0602. The van der Waals surface area contributed by atoms with E-state index in [1.165, 1.54) is 0 Å². The van der Waals surface area contributed by atoms with Crippen LogP contribution in [0.25, 0.3) is 0 Å². The number of anilines is 3. The van der Waals surface area contributed by atoms with E-state index in [2.05, 4.69) is 46.8 Å². The fourth-order valence-corrected chi connectivity index (χ4v) is 3.15. The highest BCUT2D eigenvalue weighted by molar-refractivity contribution is 9.10. The number of nitrogens with one attached hydrogen (secondary N) is 3. The Balaban J connectivity index is 0.000000212. The van der Waals surface area contributed by atoms with Crippen LogP contribution in [0.3, 0.4) is 0 Å². The number of nitrogens with zero attached hydrogens (tertiary/aromatic N) is 3. The lowest BCUT2D eigenvalue weighted by molar-refractivity contribution is -0.144. The second-order valence-electron chi connectivity index (χ2n) is 5.95. The lowest BCUT2D eigenvalue weighted by Crippen LogP contribution is -2.61. The Morgan fingerprint density at radius 1 is 1.10 bits per heavy atom. The van der Waals surface area contributed by atoms with Gasteiger partial charge in [-0.1, -0.05) is 35.8 Å². The van der Waals surface area contributed by atoms with Crippen molar-refractivity contribution in [2.75, 3.05) is 11.1 Å². The molecule has 1 fully saturated rings. The van der Waals surface area contributed by atoms with Crippen molar-refractivity contribution in [1.29, 1.82) is 0 Å². The number of hydrogen-bond acceptors (Lipinski definition) is 8. The molecule has 154 valence electrons. The van der Waals surface area contributed by atoms with E-state index >= 15 is 0 Å². The molecule has 3 rings (SSSR count). The van der Waals surface area contributed by atoms with Gasteiger partial charge in [0.2, 0.25) is 29.0 Å². The molecule has 0 spiro atoms. The number of barbiturate groups is 1. The summed E-state index contributed by atoms with van der Waals surface area (Å²) < 4.78 is 0.950. The Bertz CT molecular complexity index is 895. The average molecular weight is 485 g/mol. The highest BCUT2D eigenvalue weighted by Gasteiger charge is 2.47. The summed E-state index contributed by atoms with van der Waals surface area (Å²) in [6.45, 7) is 3.50. The van der Waals surface area contributed by atoms with Crippen LogP contribution in [0.5, 0.6) is 0 Å². The molecule has 4 amide bonds. The first kappa shape index (κ1) is 22.5. The van der Waals surface area contributed by atoms with Crippen molar-refractivity contribution in [3.05, 3.63) is 34.0 Å². The van der Waals surface area contributed by atoms with Crippen molar-refractivity contribution >= 4 is 63.0 Å². The fraction of sp³-hybridized carbons (Fsp3) is 0.294. The lowest BCUT2D eigenvalue weighted by atomic mass is 9.79. The number of aromatic nitrogens is 3. The molecule has 0 saturated carbocycles. The van der Waals surface area contributed by atoms with E-state index in [0.717, 1.165) is 10.2 Å². The van der Waals surface area contributed by atoms with Gasteiger partial charge in [0.15, 0.2) is 0 Å². The highest BCUT2D eigenvalue weighted by atomic mass is 79.9. The quantitative estimate of drug-likeness (QED) is 0.483. The summed E-state index contributed by atoms with van der Waals surface area (Å²) in [6.07, 6.45) is 0.795. The summed E-state index contributed by atoms with van der Waals surface area (Å²) in [5.74, 6) is -0.592. The highest BCUT2D eigenvalue weighted by Crippen LogP contribution is 2.28. The molecule has 0 atom stereocenters. The Morgan fingerprint density at radius 2 is 1.72 bits per heavy atom. The smallest absolute Gasteiger partial charge is 0.328 e. The standard InChI is InChI=1S/C9H7BrClN5.C8H12N2O3/c10-5-2-1-3-6(4-5)13-9-15-7(11)14-8(12)16-9;1-3-8(4-2)5(11)9-7(13)10-6(8)12/h1-4H,(H3,12,13,14,15,16);3-4H2,1-2H3,(H2,9,10,11,12,13). The van der Waals surface area contributed by atoms with Crippen molar-refractivity contribution < 1.29 is 14.4 Å². The molecule has 1 aromatic carbocycles. The van der Waals surface area contributed by atoms with Gasteiger partial charge in [-0.15, -0.1) is 0 Å². The predicted molar refractivity (Wildman–Crippen MR) is 111 cm³/mol. The number of rotatable bonds is 4. The van der Waals surface area contributed by atoms with Crippen molar-refractivity contribution in [2.45, 2.75) is 26.7 Å². The van der Waals surface area contributed by atoms with Gasteiger partial charge in [-0.05, 0) is 42.6 Å². The van der Waals surface area contributed by atoms with Crippen LogP contribution in [-0.2, 0) is 9.59 Å². The third kappa shape index (κ3) is 5.61. The van der Waals surface area contributed by atoms with Gasteiger partial charge in [-0.2, -0.15) is 15.0 Å². The fourth-order valence-electron chi connectivity index (χ4n) is 2.59. The van der Waals surface area contributed by atoms with Gasteiger partial charge < -0.3 is 11.1 Å². The predicted octanol–water partition coefficient (Wildman–Crippen LogP) is 2.77. The third-order valence-electron chi connectivity index (χ3n) is 4.24. The first-order valence-corrected chi connectivity index (χ1v) is 9.73. The van der Waals surface area contributed by atoms with E-state index in [9.17, 15) is 14.4 Å². The Morgan fingerprint density at radius 3 is 2.24 bits per heavy atom. The maximum atomic E-state index is 11.4. The normalized spacial score (nSPS) is 15.0. The molecule has 2 aromatic rings. The van der Waals surface area contributed by atoms with Gasteiger partial charge in [0.25, 0.3) is 0 Å². The van der Waals surface area contributed by atoms with Crippen molar-refractivity contribution in [2.24, 2.45) is 5.41 Å². The van der Waals surface area contributed by atoms with Crippen molar-refractivity contribution in [1.82, 2.24) is 25.6 Å². The zero-order valence-corrected chi connectivity index (χ0v) is 18.0. The van der Waals surface area contributed by atoms with Gasteiger partial charge in [-0.25, -0.2) is 4.79 Å². The van der Waals surface area contributed by atoms with E-state index in [1.807, 2.05) is 24.3 Å². The van der Waals surface area contributed by atoms with E-state index in [-0.39, 0.29) is 11.2 Å². The summed E-state index contributed by atoms with van der Waals surface area (Å²) in [5, 5.41) is 7.22. The van der Waals surface area contributed by atoms with Gasteiger partial charge in [-0.3, -0.25) is 20.2 Å². The van der Waals surface area contributed by atoms with E-state index in [0.29, 0.717) is 18.8 Å². The van der Waals surface area contributed by atoms with E-state index < -0.39 is 23.3 Å². The minimum atomic E-state index is -1.06. The molecule has 0 radical (unpaired) electrons. The summed E-state index contributed by atoms with van der Waals surface area (Å²) in [7, 11) is 0. The SMILES string of the molecule is CCC1(CC)C(=O)NC(=O)NC1=O.Nc1nc(Cl)nc(Nc2cccc(Br)c2)n1. The molecule has 0 aliphatic carbocycles. The molecule has 0 bridgehead atoms. The Hall–Kier alpha value is -2.79. The van der Waals surface area contributed by atoms with Crippen LogP contribution in [-0.4, -0.2) is 32.8 Å². The average Bonchev–Trinajstić information content (AvgIpc) is 2.62. The van der Waals surface area contributed by atoms with Crippen LogP contribution >= 0.6 is 27.5 Å². The van der Waals surface area contributed by atoms with Crippen molar-refractivity contribution in [3.63, 3.8) is 0 Å². The monoisotopic (exact) mass is 483 g/mol. The molecule has 29 heavy (non-hydrogen) atoms. The number of nitrogens with two attached hydrogens (primary N) is 1. The van der Waals surface area contributed by atoms with E-state index in [4.69, 9.17) is 17.3 Å². The van der Waals surface area contributed by atoms with Crippen LogP contribution in [0.2, 0.25) is 5.28 Å². The van der Waals surface area contributed by atoms with Crippen LogP contribution < -0.4 is 21.7 Å². The molecule has 1 aliphatic heterocycles. The van der Waals surface area contributed by atoms with Crippen LogP contribution in [0.1, 0.15) is 26.7 Å². The maximum absolute atomic E-state index is 11.4. The molecule has 1 aromatic heterocycles. The zero-order valence-electron chi connectivity index (χ0n) is 15.6. The Kier molecular flexibility index (Phi) is 7.46. The molecule has 2 heterocycles. The molecule has 1 saturated heterocycles. The second kappa shape index (κ2) is 9.61. The number of imide groups is 2. The molecule has 1 aliphatic rings. The zero-order chi connectivity index (χ0) is 21.6. The number of hydrogen-bond donors (Lipinski definition) is 4. The van der Waals surface area contributed by atoms with Gasteiger partial charge in [0.05, 0.1) is 0 Å². The number of benzene rings is 1. The molecule has 10 nitrogen and oxygen atoms in total. The maximum Gasteiger partial charge on any atom is 0.328 e. The van der Waals surface area contributed by atoms with Gasteiger partial charge in [0.1, 0.15) is 5.41 Å². The molecule has 12 heteroatoms. The topological polar surface area (TPSA) is 152 Å². The van der Waals surface area contributed by atoms with Crippen molar-refractivity contribution in [3.8, 4) is 0 Å². The number of nitrogen functional groups attached to an aromatic ring is 1. The van der Waals surface area contributed by atoms with Crippen LogP contribution in [0.4, 0.5) is 22.4 Å². The largest absolute Gasteiger partial charge is 0.368 e. The molecule has 5 N–H and O–H groups in total. The minimum Gasteiger partial charge on any atom is -0.368 e. The number of carbonyl (C=O) groups is 3. The molecule has 0 unspecified atom stereocenters. The lowest BCUT2D eigenvalue weighted by Gasteiger charge is -2.31. The number of urea groups is 1. The van der Waals surface area contributed by atoms with E-state index in [1.54, 1.807) is 13.8 Å². The number of carbonyl (C=O) groups excluding carboxylic acids is 3.